The van der Waals surface area contributed by atoms with Gasteiger partial charge in [0, 0.05) is 6.42 Å². The van der Waals surface area contributed by atoms with Gasteiger partial charge in [0.25, 0.3) is 0 Å². The molecule has 1 aromatic heterocycles. The molecule has 0 N–H and O–H groups in total. The number of carbonyl (C=O) groups excluding carboxylic acids is 1. The molecular weight excluding hydrogens is 446 g/mol. The summed E-state index contributed by atoms with van der Waals surface area (Å²) in [6, 6.07) is 12.1. The molecule has 3 aliphatic heterocycles. The average molecular weight is 472 g/mol. The average Bonchev–Trinajstić information content (AvgIpc) is 3.27. The summed E-state index contributed by atoms with van der Waals surface area (Å²) in [5.74, 6) is 0. The fraction of sp³-hybridized carbons (Fsp3) is 0.458. The molecule has 8 heteroatoms. The van der Waals surface area contributed by atoms with Crippen LogP contribution in [0, 0.1) is 0 Å². The molecule has 1 atom stereocenters. The molecule has 1 spiro atoms. The maximum Gasteiger partial charge on any atom is 0.410 e. The molecule has 1 fully saturated rings. The van der Waals surface area contributed by atoms with Crippen LogP contribution in [0.1, 0.15) is 56.5 Å². The van der Waals surface area contributed by atoms with Gasteiger partial charge in [0.05, 0.1) is 35.8 Å². The molecule has 1 amide bonds. The molecule has 3 aliphatic rings. The normalized spacial score (nSPS) is 23.7. The fourth-order valence-electron chi connectivity index (χ4n) is 4.45. The van der Waals surface area contributed by atoms with E-state index in [4.69, 9.17) is 25.5 Å². The second kappa shape index (κ2) is 7.47. The zero-order valence-corrected chi connectivity index (χ0v) is 20.2. The highest BCUT2D eigenvalue weighted by Crippen LogP contribution is 2.47. The number of nitrogens with zero attached hydrogens (tertiary/aromatic N) is 3. The number of halogens is 1. The second-order valence-corrected chi connectivity index (χ2v) is 11.5. The maximum absolute atomic E-state index is 12.3. The molecule has 1 unspecified atom stereocenters. The molecule has 0 radical (unpaired) electrons. The van der Waals surface area contributed by atoms with Crippen molar-refractivity contribution in [1.29, 1.82) is 0 Å². The molecule has 4 heterocycles. The van der Waals surface area contributed by atoms with Crippen molar-refractivity contribution in [1.82, 2.24) is 9.88 Å². The smallest absolute Gasteiger partial charge is 0.410 e. The number of carbonyl (C=O) groups is 1. The lowest BCUT2D eigenvalue weighted by Gasteiger charge is -2.47. The minimum Gasteiger partial charge on any atom is -0.444 e. The van der Waals surface area contributed by atoms with Crippen LogP contribution in [0.3, 0.4) is 0 Å². The van der Waals surface area contributed by atoms with Gasteiger partial charge >= 0.3 is 6.09 Å². The van der Waals surface area contributed by atoms with Gasteiger partial charge in [-0.25, -0.2) is 14.2 Å². The number of hydrogen-bond donors (Lipinski definition) is 0. The lowest BCUT2D eigenvalue weighted by molar-refractivity contribution is -0.137. The number of pyridine rings is 1. The zero-order chi connectivity index (χ0) is 22.7. The van der Waals surface area contributed by atoms with Gasteiger partial charge in [-0.3, -0.25) is 0 Å². The van der Waals surface area contributed by atoms with Crippen LogP contribution in [0.4, 0.5) is 4.79 Å². The van der Waals surface area contributed by atoms with Crippen molar-refractivity contribution in [2.75, 3.05) is 13.1 Å². The molecule has 32 heavy (non-hydrogen) atoms. The Balaban J connectivity index is 1.30. The Bertz CT molecular complexity index is 1120. The Morgan fingerprint density at radius 1 is 1.25 bits per heavy atom. The first kappa shape index (κ1) is 21.7. The Morgan fingerprint density at radius 2 is 2.03 bits per heavy atom. The molecule has 0 aliphatic carbocycles. The maximum atomic E-state index is 12.3. The summed E-state index contributed by atoms with van der Waals surface area (Å²) in [4.78, 5) is 18.5. The second-order valence-electron chi connectivity index (χ2n) is 9.87. The van der Waals surface area contributed by atoms with Crippen LogP contribution in [0.5, 0.6) is 0 Å². The molecule has 0 saturated carbocycles. The third-order valence-corrected chi connectivity index (χ3v) is 7.38. The predicted molar refractivity (Wildman–Crippen MR) is 126 cm³/mol. The van der Waals surface area contributed by atoms with Crippen molar-refractivity contribution in [3.05, 3.63) is 63.9 Å². The van der Waals surface area contributed by atoms with Crippen LogP contribution >= 0.6 is 23.5 Å². The number of ether oxygens (including phenoxy) is 2. The number of rotatable bonds is 2. The van der Waals surface area contributed by atoms with Crippen molar-refractivity contribution >= 4 is 35.4 Å². The number of likely N-dealkylation sites (tertiary alicyclic amines) is 1. The van der Waals surface area contributed by atoms with Crippen molar-refractivity contribution in [2.24, 2.45) is 4.40 Å². The van der Waals surface area contributed by atoms with Crippen LogP contribution in [0.15, 0.2) is 40.8 Å². The minimum atomic E-state index is -0.502. The predicted octanol–water partition coefficient (Wildman–Crippen LogP) is 5.47. The highest BCUT2D eigenvalue weighted by atomic mass is 35.5. The van der Waals surface area contributed by atoms with Crippen LogP contribution in [0.25, 0.3) is 0 Å². The molecule has 1 saturated heterocycles. The molecule has 0 bridgehead atoms. The van der Waals surface area contributed by atoms with Gasteiger partial charge in [-0.2, -0.15) is 0 Å². The van der Waals surface area contributed by atoms with E-state index in [9.17, 15) is 4.79 Å². The Morgan fingerprint density at radius 3 is 2.75 bits per heavy atom. The quantitative estimate of drug-likeness (QED) is 0.429. The van der Waals surface area contributed by atoms with Gasteiger partial charge in [-0.1, -0.05) is 29.8 Å². The van der Waals surface area contributed by atoms with E-state index < -0.39 is 11.2 Å². The first-order chi connectivity index (χ1) is 15.1. The summed E-state index contributed by atoms with van der Waals surface area (Å²) in [6.45, 7) is 9.35. The van der Waals surface area contributed by atoms with Crippen molar-refractivity contribution in [3.8, 4) is 0 Å². The summed E-state index contributed by atoms with van der Waals surface area (Å²) < 4.78 is 16.2. The van der Waals surface area contributed by atoms with E-state index in [2.05, 4.69) is 30.1 Å². The van der Waals surface area contributed by atoms with Crippen molar-refractivity contribution in [3.63, 3.8) is 0 Å². The van der Waals surface area contributed by atoms with Gasteiger partial charge in [0.1, 0.15) is 16.4 Å². The summed E-state index contributed by atoms with van der Waals surface area (Å²) in [5.41, 5.74) is 4.49. The number of fused-ring (bicyclic) bond motifs is 2. The number of amides is 1. The molecule has 168 valence electrons. The fourth-order valence-corrected chi connectivity index (χ4v) is 5.51. The van der Waals surface area contributed by atoms with E-state index in [1.807, 2.05) is 32.9 Å². The lowest BCUT2D eigenvalue weighted by Crippen LogP contribution is -2.61. The SMILES string of the molecule is CC(C)(C)OC(=O)N1CC2(C1)OCc1cc(C3=NSC(C)(c4cccc(Cl)n4)C3)ccc12. The molecular formula is C24H26ClN3O3S. The topological polar surface area (TPSA) is 64.0 Å². The van der Waals surface area contributed by atoms with Gasteiger partial charge in [0.2, 0.25) is 0 Å². The van der Waals surface area contributed by atoms with Gasteiger partial charge in [-0.15, -0.1) is 0 Å². The van der Waals surface area contributed by atoms with Gasteiger partial charge in [0.15, 0.2) is 0 Å². The van der Waals surface area contributed by atoms with E-state index in [-0.39, 0.29) is 10.8 Å². The highest BCUT2D eigenvalue weighted by molar-refractivity contribution is 7.99. The third kappa shape index (κ3) is 3.80. The standard InChI is InChI=1S/C24H26ClN3O3S/c1-22(2,3)31-21(29)28-13-24(14-28)17-9-8-15(10-16(17)12-30-24)18-11-23(4,32-27-18)19-6-5-7-20(25)26-19/h5-10H,11-14H2,1-4H3. The molecule has 1 aromatic carbocycles. The summed E-state index contributed by atoms with van der Waals surface area (Å²) in [5, 5.41) is 0.499. The Hall–Kier alpha value is -2.09. The van der Waals surface area contributed by atoms with E-state index in [0.717, 1.165) is 34.5 Å². The minimum absolute atomic E-state index is 0.237. The largest absolute Gasteiger partial charge is 0.444 e. The lowest BCUT2D eigenvalue weighted by atomic mass is 9.84. The summed E-state index contributed by atoms with van der Waals surface area (Å²) >= 11 is 7.65. The van der Waals surface area contributed by atoms with Crippen LogP contribution < -0.4 is 0 Å². The van der Waals surface area contributed by atoms with Crippen molar-refractivity contribution < 1.29 is 14.3 Å². The third-order valence-electron chi connectivity index (χ3n) is 6.10. The summed E-state index contributed by atoms with van der Waals surface area (Å²) in [7, 11) is 0. The van der Waals surface area contributed by atoms with Crippen molar-refractivity contribution in [2.45, 2.75) is 56.7 Å². The van der Waals surface area contributed by atoms with E-state index >= 15 is 0 Å². The van der Waals surface area contributed by atoms with E-state index in [1.54, 1.807) is 22.9 Å². The van der Waals surface area contributed by atoms with E-state index in [1.165, 1.54) is 0 Å². The number of benzene rings is 1. The Labute approximate surface area is 197 Å². The Kier molecular flexibility index (Phi) is 5.07. The van der Waals surface area contributed by atoms with Crippen LogP contribution in [-0.2, 0) is 26.4 Å². The number of hydrogen-bond acceptors (Lipinski definition) is 6. The molecule has 6 nitrogen and oxygen atoms in total. The van der Waals surface area contributed by atoms with Crippen LogP contribution in [-0.4, -0.2) is 40.4 Å². The highest BCUT2D eigenvalue weighted by Gasteiger charge is 2.52. The molecule has 5 rings (SSSR count). The number of aromatic nitrogens is 1. The molecule has 2 aromatic rings. The first-order valence-corrected chi connectivity index (χ1v) is 11.9. The van der Waals surface area contributed by atoms with Crippen LogP contribution in [0.2, 0.25) is 5.15 Å². The zero-order valence-electron chi connectivity index (χ0n) is 18.6. The summed E-state index contributed by atoms with van der Waals surface area (Å²) in [6.07, 6.45) is 0.491. The van der Waals surface area contributed by atoms with Gasteiger partial charge < -0.3 is 14.4 Å². The monoisotopic (exact) mass is 471 g/mol. The van der Waals surface area contributed by atoms with E-state index in [0.29, 0.717) is 24.8 Å². The first-order valence-electron chi connectivity index (χ1n) is 10.7. The van der Waals surface area contributed by atoms with Gasteiger partial charge in [-0.05, 0) is 74.5 Å².